The van der Waals surface area contributed by atoms with Gasteiger partial charge in [-0.15, -0.1) is 0 Å². The maximum absolute atomic E-state index is 11.5. The third-order valence-corrected chi connectivity index (χ3v) is 6.73. The van der Waals surface area contributed by atoms with Crippen LogP contribution in [0, 0.1) is 0 Å². The number of nitrogens with one attached hydrogen (secondary N) is 1. The fourth-order valence-electron chi connectivity index (χ4n) is 4.41. The van der Waals surface area contributed by atoms with E-state index in [4.69, 9.17) is 0 Å². The van der Waals surface area contributed by atoms with Crippen molar-refractivity contribution in [2.24, 2.45) is 0 Å². The Kier molecular flexibility index (Phi) is 25.8. The van der Waals surface area contributed by atoms with E-state index in [1.807, 2.05) is 0 Å². The molecule has 0 heterocycles. The highest BCUT2D eigenvalue weighted by atomic mass is 35.5. The number of hydrogen-bond donors (Lipinski definition) is 1. The number of halogens is 1. The van der Waals surface area contributed by atoms with Crippen LogP contribution >= 0.6 is 0 Å². The number of carbonyl (C=O) groups excluding carboxylic acids is 1. The summed E-state index contributed by atoms with van der Waals surface area (Å²) < 4.78 is 1.06. The smallest absolute Gasteiger partial charge is 0.246 e. The van der Waals surface area contributed by atoms with Crippen molar-refractivity contribution in [2.75, 3.05) is 33.7 Å². The maximum Gasteiger partial charge on any atom is 0.246 e. The van der Waals surface area contributed by atoms with Crippen LogP contribution in [-0.2, 0) is 4.79 Å². The van der Waals surface area contributed by atoms with E-state index >= 15 is 0 Å². The number of unbranched alkanes of at least 4 members (excludes halogenated alkanes) is 17. The third kappa shape index (κ3) is 25.9. The molecule has 0 aromatic heterocycles. The number of carbonyl (C=O) groups is 1. The van der Waals surface area contributed by atoms with Gasteiger partial charge in [-0.3, -0.25) is 4.79 Å². The zero-order valence-corrected chi connectivity index (χ0v) is 23.8. The Labute approximate surface area is 214 Å². The van der Waals surface area contributed by atoms with Crippen LogP contribution in [0.25, 0.3) is 0 Å². The topological polar surface area (TPSA) is 29.1 Å². The van der Waals surface area contributed by atoms with Gasteiger partial charge in [-0.25, -0.2) is 0 Å². The van der Waals surface area contributed by atoms with Crippen molar-refractivity contribution in [1.82, 2.24) is 5.32 Å². The van der Waals surface area contributed by atoms with Gasteiger partial charge in [0.1, 0.15) is 0 Å². The van der Waals surface area contributed by atoms with Gasteiger partial charge in [-0.2, -0.15) is 0 Å². The summed E-state index contributed by atoms with van der Waals surface area (Å²) in [5.41, 5.74) is 0.595. The van der Waals surface area contributed by atoms with Gasteiger partial charge in [-0.05, 0) is 19.8 Å². The van der Waals surface area contributed by atoms with Crippen molar-refractivity contribution in [1.29, 1.82) is 0 Å². The molecule has 1 amide bonds. The van der Waals surface area contributed by atoms with Crippen LogP contribution in [0.5, 0.6) is 0 Å². The minimum atomic E-state index is -0.0150. The van der Waals surface area contributed by atoms with Gasteiger partial charge in [-0.1, -0.05) is 116 Å². The van der Waals surface area contributed by atoms with E-state index < -0.39 is 0 Å². The fraction of sp³-hybridized carbons (Fsp3) is 0.897. The molecular formula is C29H59ClN2O. The second-order valence-corrected chi connectivity index (χ2v) is 10.8. The highest BCUT2D eigenvalue weighted by molar-refractivity contribution is 5.91. The lowest BCUT2D eigenvalue weighted by Crippen LogP contribution is -3.00. The van der Waals surface area contributed by atoms with E-state index in [-0.39, 0.29) is 18.3 Å². The van der Waals surface area contributed by atoms with E-state index in [2.05, 4.69) is 32.9 Å². The molecule has 0 spiro atoms. The molecule has 198 valence electrons. The Morgan fingerprint density at radius 2 is 0.970 bits per heavy atom. The standard InChI is InChI=1S/C29H58N2O.ClH/c1-6-7-8-9-10-11-12-13-14-15-16-17-18-19-20-21-22-23-26-31(4,5)27-24-25-30-29(32)28(2)3;/h2,6-27H2,1,3-5H3;1H. The molecule has 0 saturated carbocycles. The van der Waals surface area contributed by atoms with E-state index in [1.54, 1.807) is 6.92 Å². The molecule has 0 aliphatic carbocycles. The van der Waals surface area contributed by atoms with E-state index in [1.165, 1.54) is 122 Å². The summed E-state index contributed by atoms with van der Waals surface area (Å²) in [5, 5.41) is 2.93. The number of hydrogen-bond acceptors (Lipinski definition) is 1. The Balaban J connectivity index is 0. The molecule has 0 radical (unpaired) electrons. The van der Waals surface area contributed by atoms with Crippen LogP contribution < -0.4 is 17.7 Å². The van der Waals surface area contributed by atoms with Crippen LogP contribution in [0.4, 0.5) is 0 Å². The average molecular weight is 487 g/mol. The third-order valence-electron chi connectivity index (χ3n) is 6.73. The average Bonchev–Trinajstić information content (AvgIpc) is 2.75. The normalized spacial score (nSPS) is 11.3. The first-order chi connectivity index (χ1) is 15.4. The molecule has 0 bridgehead atoms. The lowest BCUT2D eigenvalue weighted by atomic mass is 10.0. The largest absolute Gasteiger partial charge is 1.00 e. The van der Waals surface area contributed by atoms with Crippen LogP contribution in [0.2, 0.25) is 0 Å². The van der Waals surface area contributed by atoms with Gasteiger partial charge in [0.2, 0.25) is 5.91 Å². The number of rotatable bonds is 24. The zero-order valence-electron chi connectivity index (χ0n) is 23.0. The molecule has 0 atom stereocenters. The van der Waals surface area contributed by atoms with E-state index in [9.17, 15) is 4.79 Å². The second kappa shape index (κ2) is 24.6. The summed E-state index contributed by atoms with van der Waals surface area (Å²) in [6.07, 6.45) is 26.8. The van der Waals surface area contributed by atoms with Gasteiger partial charge >= 0.3 is 0 Å². The lowest BCUT2D eigenvalue weighted by Gasteiger charge is -2.30. The van der Waals surface area contributed by atoms with Gasteiger partial charge in [0.25, 0.3) is 0 Å². The first kappa shape index (κ1) is 34.6. The molecule has 4 heteroatoms. The summed E-state index contributed by atoms with van der Waals surface area (Å²) >= 11 is 0. The zero-order chi connectivity index (χ0) is 23.9. The molecule has 3 nitrogen and oxygen atoms in total. The SMILES string of the molecule is C=C(C)C(=O)NCCC[N+](C)(C)CCCCCCCCCCCCCCCCCCCC.[Cl-]. The predicted molar refractivity (Wildman–Crippen MR) is 143 cm³/mol. The van der Waals surface area contributed by atoms with Crippen LogP contribution in [0.3, 0.4) is 0 Å². The van der Waals surface area contributed by atoms with Crippen molar-refractivity contribution in [2.45, 2.75) is 136 Å². The Hall–Kier alpha value is -0.540. The van der Waals surface area contributed by atoms with Crippen molar-refractivity contribution in [3.05, 3.63) is 12.2 Å². The maximum atomic E-state index is 11.5. The van der Waals surface area contributed by atoms with Crippen molar-refractivity contribution in [3.63, 3.8) is 0 Å². The summed E-state index contributed by atoms with van der Waals surface area (Å²) in [6, 6.07) is 0. The van der Waals surface area contributed by atoms with Gasteiger partial charge in [0.05, 0.1) is 27.2 Å². The first-order valence-corrected chi connectivity index (χ1v) is 14.1. The van der Waals surface area contributed by atoms with E-state index in [0.29, 0.717) is 5.57 Å². The molecule has 0 unspecified atom stereocenters. The molecule has 0 aliphatic heterocycles. The molecule has 0 aromatic rings. The number of amides is 1. The summed E-state index contributed by atoms with van der Waals surface area (Å²) in [4.78, 5) is 11.5. The van der Waals surface area contributed by atoms with E-state index in [0.717, 1.165) is 24.0 Å². The lowest BCUT2D eigenvalue weighted by molar-refractivity contribution is -0.890. The molecule has 0 saturated heterocycles. The van der Waals surface area contributed by atoms with Crippen molar-refractivity contribution < 1.29 is 21.7 Å². The molecule has 0 rings (SSSR count). The summed E-state index contributed by atoms with van der Waals surface area (Å²) in [7, 11) is 4.63. The molecule has 33 heavy (non-hydrogen) atoms. The number of nitrogens with zero attached hydrogens (tertiary/aromatic N) is 1. The number of quaternary nitrogens is 1. The highest BCUT2D eigenvalue weighted by Gasteiger charge is 2.14. The second-order valence-electron chi connectivity index (χ2n) is 10.8. The highest BCUT2D eigenvalue weighted by Crippen LogP contribution is 2.14. The van der Waals surface area contributed by atoms with Crippen LogP contribution in [0.1, 0.15) is 136 Å². The minimum absolute atomic E-state index is 0. The van der Waals surface area contributed by atoms with Crippen LogP contribution in [-0.4, -0.2) is 44.1 Å². The van der Waals surface area contributed by atoms with Gasteiger partial charge < -0.3 is 22.2 Å². The van der Waals surface area contributed by atoms with Crippen LogP contribution in [0.15, 0.2) is 12.2 Å². The Morgan fingerprint density at radius 1 is 0.636 bits per heavy atom. The molecule has 0 aliphatic rings. The quantitative estimate of drug-likeness (QED) is 0.113. The first-order valence-electron chi connectivity index (χ1n) is 14.1. The van der Waals surface area contributed by atoms with Gasteiger partial charge in [0.15, 0.2) is 0 Å². The fourth-order valence-corrected chi connectivity index (χ4v) is 4.41. The predicted octanol–water partition coefficient (Wildman–Crippen LogP) is 5.19. The molecule has 1 N–H and O–H groups in total. The minimum Gasteiger partial charge on any atom is -1.00 e. The van der Waals surface area contributed by atoms with Gasteiger partial charge in [0, 0.05) is 18.5 Å². The Morgan fingerprint density at radius 3 is 1.33 bits per heavy atom. The molecule has 0 fully saturated rings. The molecular weight excluding hydrogens is 428 g/mol. The summed E-state index contributed by atoms with van der Waals surface area (Å²) in [5.74, 6) is -0.0150. The molecule has 0 aromatic carbocycles. The van der Waals surface area contributed by atoms with Crippen molar-refractivity contribution in [3.8, 4) is 0 Å². The Bertz CT molecular complexity index is 451. The van der Waals surface area contributed by atoms with Crippen molar-refractivity contribution >= 4 is 5.91 Å². The summed E-state index contributed by atoms with van der Waals surface area (Å²) in [6.45, 7) is 10.8. The monoisotopic (exact) mass is 486 g/mol.